The average molecular weight is 304 g/mol. The minimum Gasteiger partial charge on any atom is -0.378 e. The smallest absolute Gasteiger partial charge is 0.216 e. The molecule has 0 aromatic heterocycles. The fourth-order valence-corrected chi connectivity index (χ4v) is 4.88. The molecular weight excluding hydrogens is 280 g/mol. The summed E-state index contributed by atoms with van der Waals surface area (Å²) >= 11 is 0. The first-order valence-electron chi connectivity index (χ1n) is 7.40. The molecule has 0 unspecified atom stereocenters. The SMILES string of the molecule is CC(C)CN1[C@@H]2CN(C3COC3)C[C@@H]2OCCS1(=O)=O. The summed E-state index contributed by atoms with van der Waals surface area (Å²) in [5.74, 6) is 0.434. The van der Waals surface area contributed by atoms with Crippen molar-refractivity contribution in [2.75, 3.05) is 45.2 Å². The van der Waals surface area contributed by atoms with Gasteiger partial charge in [-0.2, -0.15) is 4.31 Å². The molecule has 2 atom stereocenters. The highest BCUT2D eigenvalue weighted by Crippen LogP contribution is 2.28. The van der Waals surface area contributed by atoms with Crippen molar-refractivity contribution in [3.8, 4) is 0 Å². The molecule has 0 N–H and O–H groups in total. The van der Waals surface area contributed by atoms with E-state index in [0.29, 0.717) is 25.1 Å². The van der Waals surface area contributed by atoms with Crippen LogP contribution in [0.4, 0.5) is 0 Å². The van der Waals surface area contributed by atoms with Crippen LogP contribution in [0.2, 0.25) is 0 Å². The summed E-state index contributed by atoms with van der Waals surface area (Å²) < 4.78 is 37.7. The average Bonchev–Trinajstić information content (AvgIpc) is 2.62. The van der Waals surface area contributed by atoms with Crippen molar-refractivity contribution in [3.63, 3.8) is 0 Å². The second-order valence-electron chi connectivity index (χ2n) is 6.40. The fraction of sp³-hybridized carbons (Fsp3) is 1.00. The van der Waals surface area contributed by atoms with E-state index in [9.17, 15) is 8.42 Å². The minimum absolute atomic E-state index is 0.00613. The van der Waals surface area contributed by atoms with E-state index in [4.69, 9.17) is 9.47 Å². The van der Waals surface area contributed by atoms with Gasteiger partial charge < -0.3 is 9.47 Å². The van der Waals surface area contributed by atoms with Crippen LogP contribution >= 0.6 is 0 Å². The molecule has 3 aliphatic rings. The lowest BCUT2D eigenvalue weighted by atomic mass is 10.1. The van der Waals surface area contributed by atoms with E-state index in [1.165, 1.54) is 0 Å². The monoisotopic (exact) mass is 304 g/mol. The molecule has 116 valence electrons. The normalized spacial score (nSPS) is 35.8. The Morgan fingerprint density at radius 1 is 1.25 bits per heavy atom. The summed E-state index contributed by atoms with van der Waals surface area (Å²) in [6.45, 7) is 8.13. The van der Waals surface area contributed by atoms with Crippen molar-refractivity contribution in [1.82, 2.24) is 9.21 Å². The standard InChI is InChI=1S/C13H24N2O4S/c1-10(2)5-15-12-6-14(11-8-18-9-11)7-13(12)19-3-4-20(15,16)17/h10-13H,3-9H2,1-2H3/t12-,13+/m1/s1. The Morgan fingerprint density at radius 2 is 2.00 bits per heavy atom. The van der Waals surface area contributed by atoms with E-state index in [1.807, 2.05) is 0 Å². The van der Waals surface area contributed by atoms with Gasteiger partial charge in [-0.3, -0.25) is 4.90 Å². The first-order valence-corrected chi connectivity index (χ1v) is 9.01. The van der Waals surface area contributed by atoms with E-state index < -0.39 is 10.0 Å². The van der Waals surface area contributed by atoms with Crippen LogP contribution in [0.1, 0.15) is 13.8 Å². The van der Waals surface area contributed by atoms with Crippen LogP contribution in [-0.2, 0) is 19.5 Å². The molecular formula is C13H24N2O4S. The highest BCUT2D eigenvalue weighted by atomic mass is 32.2. The van der Waals surface area contributed by atoms with Gasteiger partial charge >= 0.3 is 0 Å². The maximum atomic E-state index is 12.4. The first kappa shape index (κ1) is 14.7. The van der Waals surface area contributed by atoms with Crippen LogP contribution in [0.15, 0.2) is 0 Å². The van der Waals surface area contributed by atoms with Crippen LogP contribution in [0.5, 0.6) is 0 Å². The van der Waals surface area contributed by atoms with Gasteiger partial charge in [0.2, 0.25) is 10.0 Å². The number of hydrogen-bond acceptors (Lipinski definition) is 5. The zero-order valence-corrected chi connectivity index (χ0v) is 13.0. The molecule has 0 aromatic carbocycles. The molecule has 0 aliphatic carbocycles. The Hall–Kier alpha value is -0.210. The van der Waals surface area contributed by atoms with Crippen LogP contribution in [0, 0.1) is 5.92 Å². The van der Waals surface area contributed by atoms with Crippen molar-refractivity contribution in [2.24, 2.45) is 5.92 Å². The zero-order valence-electron chi connectivity index (χ0n) is 12.2. The summed E-state index contributed by atoms with van der Waals surface area (Å²) in [6, 6.07) is 0.402. The largest absolute Gasteiger partial charge is 0.378 e. The summed E-state index contributed by atoms with van der Waals surface area (Å²) in [7, 11) is -3.20. The Morgan fingerprint density at radius 3 is 2.60 bits per heavy atom. The number of fused-ring (bicyclic) bond motifs is 1. The fourth-order valence-electron chi connectivity index (χ4n) is 3.19. The highest BCUT2D eigenvalue weighted by Gasteiger charge is 2.46. The van der Waals surface area contributed by atoms with Crippen LogP contribution in [0.3, 0.4) is 0 Å². The summed E-state index contributed by atoms with van der Waals surface area (Å²) in [5.41, 5.74) is 0. The molecule has 20 heavy (non-hydrogen) atoms. The summed E-state index contributed by atoms with van der Waals surface area (Å²) in [4.78, 5) is 2.33. The lowest BCUT2D eigenvalue weighted by molar-refractivity contribution is -0.0619. The van der Waals surface area contributed by atoms with Gasteiger partial charge in [0, 0.05) is 19.6 Å². The predicted molar refractivity (Wildman–Crippen MR) is 75.0 cm³/mol. The number of nitrogens with zero attached hydrogens (tertiary/aromatic N) is 2. The van der Waals surface area contributed by atoms with E-state index in [1.54, 1.807) is 4.31 Å². The molecule has 0 amide bonds. The van der Waals surface area contributed by atoms with Gasteiger partial charge in [-0.25, -0.2) is 8.42 Å². The third-order valence-corrected chi connectivity index (χ3v) is 6.16. The van der Waals surface area contributed by atoms with Gasteiger partial charge in [0.15, 0.2) is 0 Å². The van der Waals surface area contributed by atoms with Gasteiger partial charge in [0.05, 0.1) is 43.8 Å². The van der Waals surface area contributed by atoms with Crippen LogP contribution < -0.4 is 0 Å². The molecule has 0 saturated carbocycles. The van der Waals surface area contributed by atoms with Gasteiger partial charge in [0.25, 0.3) is 0 Å². The van der Waals surface area contributed by atoms with Crippen LogP contribution in [-0.4, -0.2) is 81.0 Å². The number of hydrogen-bond donors (Lipinski definition) is 0. The molecule has 3 fully saturated rings. The summed E-state index contributed by atoms with van der Waals surface area (Å²) in [6.07, 6.45) is 0.00613. The number of rotatable bonds is 3. The minimum atomic E-state index is -3.20. The lowest BCUT2D eigenvalue weighted by Gasteiger charge is -2.35. The van der Waals surface area contributed by atoms with E-state index in [2.05, 4.69) is 18.7 Å². The Labute approximate surface area is 121 Å². The number of likely N-dealkylation sites (tertiary alicyclic amines) is 1. The van der Waals surface area contributed by atoms with Gasteiger partial charge in [-0.15, -0.1) is 0 Å². The molecule has 0 radical (unpaired) electrons. The number of sulfonamides is 1. The van der Waals surface area contributed by atoms with Crippen molar-refractivity contribution in [2.45, 2.75) is 32.0 Å². The third kappa shape index (κ3) is 2.74. The molecule has 7 heteroatoms. The lowest BCUT2D eigenvalue weighted by Crippen LogP contribution is -2.50. The maximum absolute atomic E-state index is 12.4. The molecule has 0 bridgehead atoms. The van der Waals surface area contributed by atoms with E-state index >= 15 is 0 Å². The van der Waals surface area contributed by atoms with Crippen molar-refractivity contribution >= 4 is 10.0 Å². The predicted octanol–water partition coefficient (Wildman–Crippen LogP) is -0.244. The molecule has 3 saturated heterocycles. The Kier molecular flexibility index (Phi) is 4.07. The Bertz CT molecular complexity index is 449. The van der Waals surface area contributed by atoms with Crippen LogP contribution in [0.25, 0.3) is 0 Å². The van der Waals surface area contributed by atoms with Gasteiger partial charge in [-0.05, 0) is 5.92 Å². The molecule has 3 heterocycles. The van der Waals surface area contributed by atoms with E-state index in [0.717, 1.165) is 26.3 Å². The van der Waals surface area contributed by atoms with E-state index in [-0.39, 0.29) is 17.9 Å². The van der Waals surface area contributed by atoms with Crippen molar-refractivity contribution in [1.29, 1.82) is 0 Å². The molecule has 3 aliphatic heterocycles. The second-order valence-corrected chi connectivity index (χ2v) is 8.44. The van der Waals surface area contributed by atoms with Crippen molar-refractivity contribution < 1.29 is 17.9 Å². The molecule has 0 aromatic rings. The van der Waals surface area contributed by atoms with Crippen molar-refractivity contribution in [3.05, 3.63) is 0 Å². The topological polar surface area (TPSA) is 59.1 Å². The van der Waals surface area contributed by atoms with Gasteiger partial charge in [-0.1, -0.05) is 13.8 Å². The second kappa shape index (κ2) is 5.53. The molecule has 0 spiro atoms. The summed E-state index contributed by atoms with van der Waals surface area (Å²) in [5, 5.41) is 0. The van der Waals surface area contributed by atoms with Gasteiger partial charge in [0.1, 0.15) is 0 Å². The molecule has 3 rings (SSSR count). The third-order valence-electron chi connectivity index (χ3n) is 4.35. The molecule has 6 nitrogen and oxygen atoms in total. The zero-order chi connectivity index (χ0) is 14.3. The quantitative estimate of drug-likeness (QED) is 0.720. The maximum Gasteiger partial charge on any atom is 0.216 e. The first-order chi connectivity index (χ1) is 9.47. The number of ether oxygens (including phenoxy) is 2. The Balaban J connectivity index is 1.79. The highest BCUT2D eigenvalue weighted by molar-refractivity contribution is 7.89.